The van der Waals surface area contributed by atoms with Crippen LogP contribution < -0.4 is 0 Å². The molecule has 2 saturated heterocycles. The van der Waals surface area contributed by atoms with E-state index in [1.165, 1.54) is 6.26 Å². The van der Waals surface area contributed by atoms with Crippen LogP contribution in [0.3, 0.4) is 0 Å². The summed E-state index contributed by atoms with van der Waals surface area (Å²) in [6.07, 6.45) is 3.40. The Hall–Kier alpha value is -1.82. The van der Waals surface area contributed by atoms with Gasteiger partial charge in [0.2, 0.25) is 5.91 Å². The standard InChI is InChI=1S/C17H24N2O4/c1-12(21)18-6-4-13(5-7-18)15-10-19(9-14(15)11-20)17(22)16-3-2-8-23-16/h2-3,8,13-15,20H,4-7,9-11H2,1H3/t14-,15-/m0/s1. The van der Waals surface area contributed by atoms with Crippen LogP contribution in [-0.2, 0) is 4.79 Å². The zero-order valence-corrected chi connectivity index (χ0v) is 13.5. The maximum absolute atomic E-state index is 12.4. The van der Waals surface area contributed by atoms with Crippen LogP contribution in [0.4, 0.5) is 0 Å². The fourth-order valence-electron chi connectivity index (χ4n) is 3.99. The van der Waals surface area contributed by atoms with Crippen molar-refractivity contribution in [3.05, 3.63) is 24.2 Å². The van der Waals surface area contributed by atoms with Gasteiger partial charge in [-0.15, -0.1) is 0 Å². The summed E-state index contributed by atoms with van der Waals surface area (Å²) in [6.45, 7) is 4.50. The number of aliphatic hydroxyl groups is 1. The number of hydrogen-bond acceptors (Lipinski definition) is 4. The van der Waals surface area contributed by atoms with Crippen molar-refractivity contribution in [1.29, 1.82) is 0 Å². The highest BCUT2D eigenvalue weighted by atomic mass is 16.3. The fraction of sp³-hybridized carbons (Fsp3) is 0.647. The van der Waals surface area contributed by atoms with E-state index < -0.39 is 0 Å². The van der Waals surface area contributed by atoms with Crippen molar-refractivity contribution in [2.45, 2.75) is 19.8 Å². The third kappa shape index (κ3) is 3.27. The van der Waals surface area contributed by atoms with Gasteiger partial charge in [0.15, 0.2) is 5.76 Å². The van der Waals surface area contributed by atoms with Crippen LogP contribution in [0.15, 0.2) is 22.8 Å². The Morgan fingerprint density at radius 1 is 1.26 bits per heavy atom. The molecule has 2 aliphatic rings. The highest BCUT2D eigenvalue weighted by Gasteiger charge is 2.41. The molecule has 1 aromatic heterocycles. The summed E-state index contributed by atoms with van der Waals surface area (Å²) in [7, 11) is 0. The van der Waals surface area contributed by atoms with Crippen molar-refractivity contribution in [3.8, 4) is 0 Å². The van der Waals surface area contributed by atoms with Gasteiger partial charge < -0.3 is 19.3 Å². The van der Waals surface area contributed by atoms with E-state index in [9.17, 15) is 14.7 Å². The van der Waals surface area contributed by atoms with Crippen molar-refractivity contribution in [2.24, 2.45) is 17.8 Å². The second-order valence-corrected chi connectivity index (χ2v) is 6.64. The first-order valence-corrected chi connectivity index (χ1v) is 8.29. The van der Waals surface area contributed by atoms with E-state index in [0.29, 0.717) is 30.7 Å². The fourth-order valence-corrected chi connectivity index (χ4v) is 3.99. The summed E-state index contributed by atoms with van der Waals surface area (Å²) in [6, 6.07) is 3.39. The Kier molecular flexibility index (Phi) is 4.71. The number of hydrogen-bond donors (Lipinski definition) is 1. The number of carbonyl (C=O) groups is 2. The Bertz CT molecular complexity index is 549. The third-order valence-electron chi connectivity index (χ3n) is 5.34. The molecule has 2 aliphatic heterocycles. The van der Waals surface area contributed by atoms with Gasteiger partial charge in [-0.1, -0.05) is 0 Å². The van der Waals surface area contributed by atoms with Crippen molar-refractivity contribution in [2.75, 3.05) is 32.8 Å². The smallest absolute Gasteiger partial charge is 0.289 e. The molecule has 2 amide bonds. The summed E-state index contributed by atoms with van der Waals surface area (Å²) in [5, 5.41) is 9.71. The lowest BCUT2D eigenvalue weighted by Crippen LogP contribution is -2.40. The molecule has 1 aromatic rings. The zero-order chi connectivity index (χ0) is 16.4. The molecular formula is C17H24N2O4. The molecule has 6 nitrogen and oxygen atoms in total. The largest absolute Gasteiger partial charge is 0.459 e. The Balaban J connectivity index is 1.64. The van der Waals surface area contributed by atoms with Crippen LogP contribution in [0.25, 0.3) is 0 Å². The van der Waals surface area contributed by atoms with Gasteiger partial charge in [-0.3, -0.25) is 9.59 Å². The molecule has 3 rings (SSSR count). The van der Waals surface area contributed by atoms with Crippen molar-refractivity contribution in [1.82, 2.24) is 9.80 Å². The summed E-state index contributed by atoms with van der Waals surface area (Å²) < 4.78 is 5.20. The molecule has 126 valence electrons. The minimum atomic E-state index is -0.0999. The summed E-state index contributed by atoms with van der Waals surface area (Å²) in [4.78, 5) is 27.6. The molecule has 0 radical (unpaired) electrons. The number of furan rings is 1. The zero-order valence-electron chi connectivity index (χ0n) is 13.5. The third-order valence-corrected chi connectivity index (χ3v) is 5.34. The monoisotopic (exact) mass is 320 g/mol. The van der Waals surface area contributed by atoms with Crippen LogP contribution in [0.2, 0.25) is 0 Å². The van der Waals surface area contributed by atoms with Gasteiger partial charge in [-0.2, -0.15) is 0 Å². The van der Waals surface area contributed by atoms with E-state index in [2.05, 4.69) is 0 Å². The first kappa shape index (κ1) is 16.1. The average Bonchev–Trinajstić information content (AvgIpc) is 3.23. The maximum atomic E-state index is 12.4. The van der Waals surface area contributed by atoms with E-state index in [0.717, 1.165) is 25.9 Å². The van der Waals surface area contributed by atoms with Crippen LogP contribution in [-0.4, -0.2) is 59.5 Å². The quantitative estimate of drug-likeness (QED) is 0.909. The molecule has 0 aliphatic carbocycles. The second kappa shape index (κ2) is 6.74. The van der Waals surface area contributed by atoms with Crippen LogP contribution in [0.1, 0.15) is 30.3 Å². The van der Waals surface area contributed by atoms with E-state index >= 15 is 0 Å². The summed E-state index contributed by atoms with van der Waals surface area (Å²) in [5.41, 5.74) is 0. The predicted octanol–water partition coefficient (Wildman–Crippen LogP) is 1.22. The lowest BCUT2D eigenvalue weighted by molar-refractivity contribution is -0.130. The molecule has 6 heteroatoms. The molecule has 0 spiro atoms. The van der Waals surface area contributed by atoms with E-state index in [-0.39, 0.29) is 24.3 Å². The first-order chi connectivity index (χ1) is 11.1. The summed E-state index contributed by atoms with van der Waals surface area (Å²) in [5.74, 6) is 1.25. The minimum absolute atomic E-state index is 0.0968. The molecule has 3 heterocycles. The second-order valence-electron chi connectivity index (χ2n) is 6.64. The molecule has 0 saturated carbocycles. The van der Waals surface area contributed by atoms with Gasteiger partial charge >= 0.3 is 0 Å². The Labute approximate surface area is 136 Å². The number of piperidine rings is 1. The number of carbonyl (C=O) groups excluding carboxylic acids is 2. The number of rotatable bonds is 3. The van der Waals surface area contributed by atoms with Gasteiger partial charge in [0.1, 0.15) is 0 Å². The first-order valence-electron chi connectivity index (χ1n) is 8.29. The molecule has 23 heavy (non-hydrogen) atoms. The van der Waals surface area contributed by atoms with E-state index in [4.69, 9.17) is 4.42 Å². The Morgan fingerprint density at radius 3 is 2.57 bits per heavy atom. The molecular weight excluding hydrogens is 296 g/mol. The van der Waals surface area contributed by atoms with Crippen molar-refractivity contribution < 1.29 is 19.1 Å². The number of nitrogens with zero attached hydrogens (tertiary/aromatic N) is 2. The van der Waals surface area contributed by atoms with Crippen LogP contribution >= 0.6 is 0 Å². The molecule has 1 N–H and O–H groups in total. The van der Waals surface area contributed by atoms with Gasteiger partial charge in [-0.05, 0) is 36.8 Å². The average molecular weight is 320 g/mol. The van der Waals surface area contributed by atoms with Gasteiger partial charge in [0, 0.05) is 45.6 Å². The van der Waals surface area contributed by atoms with E-state index in [1.807, 2.05) is 4.90 Å². The number of amides is 2. The van der Waals surface area contributed by atoms with Crippen molar-refractivity contribution in [3.63, 3.8) is 0 Å². The van der Waals surface area contributed by atoms with Crippen molar-refractivity contribution >= 4 is 11.8 Å². The maximum Gasteiger partial charge on any atom is 0.289 e. The van der Waals surface area contributed by atoms with E-state index in [1.54, 1.807) is 24.0 Å². The summed E-state index contributed by atoms with van der Waals surface area (Å²) >= 11 is 0. The van der Waals surface area contributed by atoms with Crippen LogP contribution in [0.5, 0.6) is 0 Å². The lowest BCUT2D eigenvalue weighted by Gasteiger charge is -2.35. The molecule has 0 aromatic carbocycles. The molecule has 0 bridgehead atoms. The van der Waals surface area contributed by atoms with Gasteiger partial charge in [-0.25, -0.2) is 0 Å². The normalized spacial score (nSPS) is 25.8. The van der Waals surface area contributed by atoms with Crippen LogP contribution in [0, 0.1) is 17.8 Å². The molecule has 2 fully saturated rings. The minimum Gasteiger partial charge on any atom is -0.459 e. The highest BCUT2D eigenvalue weighted by molar-refractivity contribution is 5.91. The molecule has 0 unspecified atom stereocenters. The number of likely N-dealkylation sites (tertiary alicyclic amines) is 2. The lowest BCUT2D eigenvalue weighted by atomic mass is 9.79. The highest BCUT2D eigenvalue weighted by Crippen LogP contribution is 2.36. The van der Waals surface area contributed by atoms with Gasteiger partial charge in [0.05, 0.1) is 6.26 Å². The number of aliphatic hydroxyl groups excluding tert-OH is 1. The Morgan fingerprint density at radius 2 is 2.00 bits per heavy atom. The van der Waals surface area contributed by atoms with Gasteiger partial charge in [0.25, 0.3) is 5.91 Å². The predicted molar refractivity (Wildman–Crippen MR) is 83.7 cm³/mol. The molecule has 2 atom stereocenters. The topological polar surface area (TPSA) is 74.0 Å². The SMILES string of the molecule is CC(=O)N1CCC([C@@H]2CN(C(=O)c3ccco3)C[C@H]2CO)CC1.